The molecule has 1 aliphatic carbocycles. The smallest absolute Gasteiger partial charge is 0.255 e. The molecular formula is C29H42N2O3. The lowest BCUT2D eigenvalue weighted by atomic mass is 9.69. The molecule has 1 fully saturated rings. The first-order valence-electron chi connectivity index (χ1n) is 12.7. The van der Waals surface area contributed by atoms with Crippen LogP contribution in [0.2, 0.25) is 0 Å². The third-order valence-corrected chi connectivity index (χ3v) is 6.54. The zero-order valence-corrected chi connectivity index (χ0v) is 21.2. The zero-order chi connectivity index (χ0) is 24.7. The van der Waals surface area contributed by atoms with Crippen molar-refractivity contribution in [1.29, 1.82) is 0 Å². The van der Waals surface area contributed by atoms with Crippen molar-refractivity contribution >= 4 is 11.8 Å². The average Bonchev–Trinajstić information content (AvgIpc) is 2.88. The van der Waals surface area contributed by atoms with Crippen molar-refractivity contribution in [2.45, 2.75) is 77.0 Å². The Bertz CT molecular complexity index is 861. The summed E-state index contributed by atoms with van der Waals surface area (Å²) in [5, 5.41) is 5.93. The first kappa shape index (κ1) is 27.4. The quantitative estimate of drug-likeness (QED) is 0.420. The Morgan fingerprint density at radius 3 is 2.21 bits per heavy atom. The van der Waals surface area contributed by atoms with Crippen molar-refractivity contribution in [3.05, 3.63) is 65.7 Å². The Labute approximate surface area is 205 Å². The first-order valence-corrected chi connectivity index (χ1v) is 12.7. The molecule has 2 aromatic carbocycles. The molecule has 1 saturated carbocycles. The average molecular weight is 467 g/mol. The van der Waals surface area contributed by atoms with Gasteiger partial charge in [-0.15, -0.1) is 0 Å². The van der Waals surface area contributed by atoms with Gasteiger partial charge >= 0.3 is 0 Å². The highest BCUT2D eigenvalue weighted by Gasteiger charge is 2.34. The number of amides is 2. The van der Waals surface area contributed by atoms with Crippen molar-refractivity contribution < 1.29 is 14.3 Å². The van der Waals surface area contributed by atoms with Gasteiger partial charge in [-0.25, -0.2) is 0 Å². The lowest BCUT2D eigenvalue weighted by molar-refractivity contribution is -0.118. The van der Waals surface area contributed by atoms with E-state index in [0.29, 0.717) is 17.9 Å². The maximum absolute atomic E-state index is 12.6. The zero-order valence-electron chi connectivity index (χ0n) is 21.2. The predicted molar refractivity (Wildman–Crippen MR) is 139 cm³/mol. The van der Waals surface area contributed by atoms with Gasteiger partial charge in [0.05, 0.1) is 12.7 Å². The van der Waals surface area contributed by atoms with Gasteiger partial charge in [0.25, 0.3) is 5.91 Å². The molecule has 2 aromatic rings. The monoisotopic (exact) mass is 466 g/mol. The summed E-state index contributed by atoms with van der Waals surface area (Å²) < 4.78 is 5.31. The van der Waals surface area contributed by atoms with Gasteiger partial charge < -0.3 is 15.4 Å². The number of methoxy groups -OCH3 is 1. The molecule has 1 aliphatic rings. The second-order valence-corrected chi connectivity index (χ2v) is 9.13. The number of benzene rings is 2. The molecule has 34 heavy (non-hydrogen) atoms. The standard InChI is InChI=1S/C21H25NO2.C8H17NO/c1-24-19-13-7-6-12-18(19)20(23)22-16-21(14-8-3-9-15-21)17-10-4-2-5-11-17;1-3-4-5-6-7-9-8(2)10/h2,4-7,10-13H,3,8-9,14-16H2,1H3,(H,22,23);3-7H2,1-2H3,(H,9,10). The SMILES string of the molecule is CCCCCCNC(C)=O.COc1ccccc1C(=O)NCC1(c2ccccc2)CCCCC1. The van der Waals surface area contributed by atoms with Gasteiger partial charge in [0, 0.05) is 25.4 Å². The molecule has 0 bridgehead atoms. The van der Waals surface area contributed by atoms with Crippen LogP contribution in [0.3, 0.4) is 0 Å². The summed E-state index contributed by atoms with van der Waals surface area (Å²) in [5.41, 5.74) is 1.99. The van der Waals surface area contributed by atoms with Crippen LogP contribution in [0.4, 0.5) is 0 Å². The molecule has 0 spiro atoms. The van der Waals surface area contributed by atoms with Crippen LogP contribution in [0.15, 0.2) is 54.6 Å². The van der Waals surface area contributed by atoms with Crippen molar-refractivity contribution in [3.8, 4) is 5.75 Å². The Morgan fingerprint density at radius 2 is 1.56 bits per heavy atom. The molecular weight excluding hydrogens is 424 g/mol. The topological polar surface area (TPSA) is 67.4 Å². The molecule has 0 aliphatic heterocycles. The summed E-state index contributed by atoms with van der Waals surface area (Å²) in [6, 6.07) is 18.0. The van der Waals surface area contributed by atoms with Gasteiger partial charge in [0.15, 0.2) is 0 Å². The Hall–Kier alpha value is -2.82. The van der Waals surface area contributed by atoms with Gasteiger partial charge in [-0.3, -0.25) is 9.59 Å². The Morgan fingerprint density at radius 1 is 0.882 bits per heavy atom. The lowest BCUT2D eigenvalue weighted by Crippen LogP contribution is -2.42. The van der Waals surface area contributed by atoms with Crippen molar-refractivity contribution in [2.24, 2.45) is 0 Å². The number of nitrogens with one attached hydrogen (secondary N) is 2. The number of para-hydroxylation sites is 1. The van der Waals surface area contributed by atoms with Crippen LogP contribution in [0, 0.1) is 0 Å². The van der Waals surface area contributed by atoms with E-state index in [-0.39, 0.29) is 17.2 Å². The molecule has 0 saturated heterocycles. The molecule has 0 radical (unpaired) electrons. The van der Waals surface area contributed by atoms with E-state index in [4.69, 9.17) is 4.74 Å². The summed E-state index contributed by atoms with van der Waals surface area (Å²) in [6.07, 6.45) is 10.9. The minimum Gasteiger partial charge on any atom is -0.496 e. The summed E-state index contributed by atoms with van der Waals surface area (Å²) in [5.74, 6) is 0.636. The predicted octanol–water partition coefficient (Wildman–Crippen LogP) is 6.03. The number of rotatable bonds is 10. The molecule has 3 rings (SSSR count). The molecule has 2 N–H and O–H groups in total. The highest BCUT2D eigenvalue weighted by Crippen LogP contribution is 2.39. The van der Waals surface area contributed by atoms with Crippen LogP contribution in [0.1, 0.15) is 87.6 Å². The fraction of sp³-hybridized carbons (Fsp3) is 0.517. The van der Waals surface area contributed by atoms with E-state index >= 15 is 0 Å². The first-order chi connectivity index (χ1) is 16.5. The summed E-state index contributed by atoms with van der Waals surface area (Å²) in [7, 11) is 1.60. The molecule has 5 heteroatoms. The van der Waals surface area contributed by atoms with Crippen LogP contribution < -0.4 is 15.4 Å². The lowest BCUT2D eigenvalue weighted by Gasteiger charge is -2.38. The van der Waals surface area contributed by atoms with Gasteiger partial charge in [-0.05, 0) is 37.0 Å². The maximum Gasteiger partial charge on any atom is 0.255 e. The van der Waals surface area contributed by atoms with E-state index in [1.54, 1.807) is 14.0 Å². The van der Waals surface area contributed by atoms with Gasteiger partial charge in [-0.1, -0.05) is 87.9 Å². The third-order valence-electron chi connectivity index (χ3n) is 6.54. The largest absolute Gasteiger partial charge is 0.496 e. The minimum absolute atomic E-state index is 0.0528. The van der Waals surface area contributed by atoms with E-state index in [0.717, 1.165) is 25.8 Å². The fourth-order valence-electron chi connectivity index (χ4n) is 4.58. The third kappa shape index (κ3) is 8.85. The molecule has 5 nitrogen and oxygen atoms in total. The van der Waals surface area contributed by atoms with Crippen LogP contribution in [-0.2, 0) is 10.2 Å². The highest BCUT2D eigenvalue weighted by molar-refractivity contribution is 5.96. The number of ether oxygens (including phenoxy) is 1. The van der Waals surface area contributed by atoms with Crippen LogP contribution in [-0.4, -0.2) is 32.0 Å². The normalized spacial score (nSPS) is 14.3. The van der Waals surface area contributed by atoms with Gasteiger partial charge in [0.1, 0.15) is 5.75 Å². The van der Waals surface area contributed by atoms with Crippen LogP contribution >= 0.6 is 0 Å². The molecule has 0 heterocycles. The maximum atomic E-state index is 12.6. The van der Waals surface area contributed by atoms with E-state index in [1.807, 2.05) is 30.3 Å². The minimum atomic E-state index is -0.0617. The summed E-state index contributed by atoms with van der Waals surface area (Å²) in [6.45, 7) is 5.25. The molecule has 2 amide bonds. The molecule has 186 valence electrons. The van der Waals surface area contributed by atoms with Crippen molar-refractivity contribution in [1.82, 2.24) is 10.6 Å². The molecule has 0 atom stereocenters. The fourth-order valence-corrected chi connectivity index (χ4v) is 4.58. The van der Waals surface area contributed by atoms with Gasteiger partial charge in [0.2, 0.25) is 5.91 Å². The number of carbonyl (C=O) groups is 2. The molecule has 0 unspecified atom stereocenters. The number of hydrogen-bond donors (Lipinski definition) is 2. The second-order valence-electron chi connectivity index (χ2n) is 9.13. The summed E-state index contributed by atoms with van der Waals surface area (Å²) in [4.78, 5) is 23.0. The van der Waals surface area contributed by atoms with Crippen molar-refractivity contribution in [2.75, 3.05) is 20.2 Å². The second kappa shape index (κ2) is 15.2. The van der Waals surface area contributed by atoms with E-state index < -0.39 is 0 Å². The van der Waals surface area contributed by atoms with E-state index in [2.05, 4.69) is 41.8 Å². The van der Waals surface area contributed by atoms with Crippen LogP contribution in [0.5, 0.6) is 5.75 Å². The van der Waals surface area contributed by atoms with E-state index in [1.165, 1.54) is 44.1 Å². The number of carbonyl (C=O) groups excluding carboxylic acids is 2. The van der Waals surface area contributed by atoms with Gasteiger partial charge in [-0.2, -0.15) is 0 Å². The van der Waals surface area contributed by atoms with E-state index in [9.17, 15) is 9.59 Å². The number of hydrogen-bond acceptors (Lipinski definition) is 3. The van der Waals surface area contributed by atoms with Crippen LogP contribution in [0.25, 0.3) is 0 Å². The highest BCUT2D eigenvalue weighted by atomic mass is 16.5. The summed E-state index contributed by atoms with van der Waals surface area (Å²) >= 11 is 0. The number of unbranched alkanes of at least 4 members (excludes halogenated alkanes) is 3. The van der Waals surface area contributed by atoms with Crippen molar-refractivity contribution in [3.63, 3.8) is 0 Å². The Kier molecular flexibility index (Phi) is 12.2. The Balaban J connectivity index is 0.000000347. The molecule has 0 aromatic heterocycles.